The highest BCUT2D eigenvalue weighted by atomic mass is 16.2. The third kappa shape index (κ3) is 3.30. The molecular weight excluding hydrogens is 300 g/mol. The van der Waals surface area contributed by atoms with Gasteiger partial charge in [-0.2, -0.15) is 0 Å². The van der Waals surface area contributed by atoms with Crippen molar-refractivity contribution in [1.82, 2.24) is 20.4 Å². The van der Waals surface area contributed by atoms with Crippen molar-refractivity contribution >= 4 is 23.9 Å². The van der Waals surface area contributed by atoms with Gasteiger partial charge in [-0.3, -0.25) is 19.8 Å². The van der Waals surface area contributed by atoms with Crippen LogP contribution in [0.5, 0.6) is 0 Å². The summed E-state index contributed by atoms with van der Waals surface area (Å²) >= 11 is 0. The first-order chi connectivity index (χ1) is 10.8. The monoisotopic (exact) mass is 324 g/mol. The predicted molar refractivity (Wildman–Crippen MR) is 82.5 cm³/mol. The zero-order valence-corrected chi connectivity index (χ0v) is 13.8. The van der Waals surface area contributed by atoms with Gasteiger partial charge in [0, 0.05) is 13.1 Å². The SMILES string of the molecule is CC(C)NC(=O)NC(=O)CN1C(=O)N(C)C2(CCCCC2)C1=O. The number of hydrogen-bond donors (Lipinski definition) is 2. The minimum absolute atomic E-state index is 0.116. The quantitative estimate of drug-likeness (QED) is 0.751. The molecule has 6 amide bonds. The summed E-state index contributed by atoms with van der Waals surface area (Å²) in [5.74, 6) is -1.00. The lowest BCUT2D eigenvalue weighted by atomic mass is 9.81. The highest BCUT2D eigenvalue weighted by Gasteiger charge is 2.55. The molecule has 2 rings (SSSR count). The van der Waals surface area contributed by atoms with Crippen molar-refractivity contribution in [3.8, 4) is 0 Å². The van der Waals surface area contributed by atoms with Crippen LogP contribution in [0.25, 0.3) is 0 Å². The summed E-state index contributed by atoms with van der Waals surface area (Å²) in [7, 11) is 1.61. The molecule has 1 aliphatic carbocycles. The fraction of sp³-hybridized carbons (Fsp3) is 0.733. The van der Waals surface area contributed by atoms with Crippen LogP contribution in [0.1, 0.15) is 46.0 Å². The first kappa shape index (κ1) is 17.2. The van der Waals surface area contributed by atoms with Crippen LogP contribution in [0.15, 0.2) is 0 Å². The maximum atomic E-state index is 12.7. The predicted octanol–water partition coefficient (Wildman–Crippen LogP) is 0.817. The molecule has 0 aromatic heterocycles. The van der Waals surface area contributed by atoms with Crippen LogP contribution < -0.4 is 10.6 Å². The van der Waals surface area contributed by atoms with Crippen molar-refractivity contribution < 1.29 is 19.2 Å². The number of carbonyl (C=O) groups excluding carboxylic acids is 4. The Morgan fingerprint density at radius 3 is 2.35 bits per heavy atom. The largest absolute Gasteiger partial charge is 0.336 e. The van der Waals surface area contributed by atoms with Crippen molar-refractivity contribution in [2.75, 3.05) is 13.6 Å². The van der Waals surface area contributed by atoms with Crippen LogP contribution in [0, 0.1) is 0 Å². The van der Waals surface area contributed by atoms with Gasteiger partial charge >= 0.3 is 12.1 Å². The molecule has 2 fully saturated rings. The molecule has 128 valence electrons. The molecular formula is C15H24N4O4. The molecule has 0 aromatic rings. The summed E-state index contributed by atoms with van der Waals surface area (Å²) < 4.78 is 0. The Morgan fingerprint density at radius 2 is 1.78 bits per heavy atom. The molecule has 23 heavy (non-hydrogen) atoms. The molecule has 2 aliphatic rings. The summed E-state index contributed by atoms with van der Waals surface area (Å²) in [4.78, 5) is 50.9. The van der Waals surface area contributed by atoms with E-state index in [9.17, 15) is 19.2 Å². The van der Waals surface area contributed by atoms with Gasteiger partial charge in [-0.1, -0.05) is 19.3 Å². The fourth-order valence-corrected chi connectivity index (χ4v) is 3.28. The Labute approximate surface area is 135 Å². The van der Waals surface area contributed by atoms with Gasteiger partial charge in [0.05, 0.1) is 0 Å². The van der Waals surface area contributed by atoms with Gasteiger partial charge in [0.2, 0.25) is 5.91 Å². The second-order valence-electron chi connectivity index (χ2n) is 6.50. The average molecular weight is 324 g/mol. The van der Waals surface area contributed by atoms with E-state index in [0.29, 0.717) is 12.8 Å². The number of amides is 6. The van der Waals surface area contributed by atoms with Crippen LogP contribution in [0.2, 0.25) is 0 Å². The van der Waals surface area contributed by atoms with Crippen molar-refractivity contribution in [2.45, 2.75) is 57.5 Å². The van der Waals surface area contributed by atoms with Crippen LogP contribution >= 0.6 is 0 Å². The van der Waals surface area contributed by atoms with Crippen LogP contribution in [-0.4, -0.2) is 58.8 Å². The molecule has 1 heterocycles. The first-order valence-electron chi connectivity index (χ1n) is 7.98. The van der Waals surface area contributed by atoms with Gasteiger partial charge in [-0.05, 0) is 26.7 Å². The third-order valence-corrected chi connectivity index (χ3v) is 4.46. The standard InChI is InChI=1S/C15H24N4O4/c1-10(2)16-13(22)17-11(20)9-19-12(21)15(18(3)14(19)23)7-5-4-6-8-15/h10H,4-9H2,1-3H3,(H2,16,17,20,22). The number of rotatable bonds is 3. The van der Waals surface area contributed by atoms with Gasteiger partial charge in [0.25, 0.3) is 5.91 Å². The summed E-state index contributed by atoms with van der Waals surface area (Å²) in [5.41, 5.74) is -0.810. The zero-order chi connectivity index (χ0) is 17.2. The molecule has 1 saturated heterocycles. The molecule has 8 heteroatoms. The van der Waals surface area contributed by atoms with Gasteiger partial charge in [0.1, 0.15) is 12.1 Å². The van der Waals surface area contributed by atoms with Crippen LogP contribution in [-0.2, 0) is 9.59 Å². The topological polar surface area (TPSA) is 98.8 Å². The summed E-state index contributed by atoms with van der Waals surface area (Å²) in [6.07, 6.45) is 4.08. The number of urea groups is 2. The van der Waals surface area contributed by atoms with Crippen LogP contribution in [0.3, 0.4) is 0 Å². The summed E-state index contributed by atoms with van der Waals surface area (Å²) in [6, 6.07) is -1.23. The summed E-state index contributed by atoms with van der Waals surface area (Å²) in [5, 5.41) is 4.65. The van der Waals surface area contributed by atoms with Gasteiger partial charge in [-0.15, -0.1) is 0 Å². The molecule has 8 nitrogen and oxygen atoms in total. The second kappa shape index (κ2) is 6.55. The number of nitrogens with zero attached hydrogens (tertiary/aromatic N) is 2. The Hall–Kier alpha value is -2.12. The number of imide groups is 2. The van der Waals surface area contributed by atoms with E-state index in [1.54, 1.807) is 20.9 Å². The van der Waals surface area contributed by atoms with Crippen molar-refractivity contribution in [3.63, 3.8) is 0 Å². The third-order valence-electron chi connectivity index (χ3n) is 4.46. The van der Waals surface area contributed by atoms with E-state index in [0.717, 1.165) is 24.2 Å². The van der Waals surface area contributed by atoms with E-state index in [4.69, 9.17) is 0 Å². The smallest absolute Gasteiger partial charge is 0.327 e. The molecule has 1 saturated carbocycles. The Bertz CT molecular complexity index is 526. The number of carbonyl (C=O) groups is 4. The average Bonchev–Trinajstić information content (AvgIpc) is 2.64. The molecule has 0 atom stereocenters. The summed E-state index contributed by atoms with van der Waals surface area (Å²) in [6.45, 7) is 3.09. The lowest BCUT2D eigenvalue weighted by molar-refractivity contribution is -0.137. The van der Waals surface area contributed by atoms with E-state index in [-0.39, 0.29) is 11.9 Å². The normalized spacial score (nSPS) is 20.3. The van der Waals surface area contributed by atoms with Gasteiger partial charge in [-0.25, -0.2) is 9.59 Å². The Kier molecular flexibility index (Phi) is 4.91. The first-order valence-corrected chi connectivity index (χ1v) is 7.98. The molecule has 0 radical (unpaired) electrons. The number of hydrogen-bond acceptors (Lipinski definition) is 4. The molecule has 0 bridgehead atoms. The van der Waals surface area contributed by atoms with E-state index in [2.05, 4.69) is 10.6 Å². The van der Waals surface area contributed by atoms with Crippen LogP contribution in [0.4, 0.5) is 9.59 Å². The lowest BCUT2D eigenvalue weighted by Gasteiger charge is -2.35. The van der Waals surface area contributed by atoms with Crippen molar-refractivity contribution in [1.29, 1.82) is 0 Å². The van der Waals surface area contributed by atoms with E-state index in [1.165, 1.54) is 4.90 Å². The molecule has 0 aromatic carbocycles. The second-order valence-corrected chi connectivity index (χ2v) is 6.50. The zero-order valence-electron chi connectivity index (χ0n) is 13.8. The minimum Gasteiger partial charge on any atom is -0.336 e. The van der Waals surface area contributed by atoms with Gasteiger partial charge in [0.15, 0.2) is 0 Å². The lowest BCUT2D eigenvalue weighted by Crippen LogP contribution is -2.50. The van der Waals surface area contributed by atoms with Crippen molar-refractivity contribution in [2.24, 2.45) is 0 Å². The molecule has 1 spiro atoms. The molecule has 2 N–H and O–H groups in total. The highest BCUT2D eigenvalue weighted by molar-refractivity contribution is 6.09. The van der Waals surface area contributed by atoms with Crippen molar-refractivity contribution in [3.05, 3.63) is 0 Å². The fourth-order valence-electron chi connectivity index (χ4n) is 3.28. The maximum absolute atomic E-state index is 12.7. The Balaban J connectivity index is 2.03. The highest BCUT2D eigenvalue weighted by Crippen LogP contribution is 2.39. The van der Waals surface area contributed by atoms with Gasteiger partial charge < -0.3 is 10.2 Å². The number of nitrogens with one attached hydrogen (secondary N) is 2. The number of likely N-dealkylation sites (N-methyl/N-ethyl adjacent to an activating group) is 1. The maximum Gasteiger partial charge on any atom is 0.327 e. The molecule has 1 aliphatic heterocycles. The van der Waals surface area contributed by atoms with E-state index >= 15 is 0 Å². The molecule has 0 unspecified atom stereocenters. The van der Waals surface area contributed by atoms with E-state index < -0.39 is 30.1 Å². The van der Waals surface area contributed by atoms with E-state index in [1.807, 2.05) is 0 Å². The minimum atomic E-state index is -0.810. The Morgan fingerprint density at radius 1 is 1.17 bits per heavy atom.